The maximum atomic E-state index is 5.18. The van der Waals surface area contributed by atoms with E-state index in [0.717, 1.165) is 38.0 Å². The van der Waals surface area contributed by atoms with Gasteiger partial charge in [0.05, 0.1) is 22.2 Å². The Kier molecular flexibility index (Phi) is 4.07. The molecule has 0 fully saturated rings. The van der Waals surface area contributed by atoms with E-state index < -0.39 is 0 Å². The van der Waals surface area contributed by atoms with Crippen LogP contribution < -0.4 is 0 Å². The summed E-state index contributed by atoms with van der Waals surface area (Å²) in [5.74, 6) is 0.678. The van der Waals surface area contributed by atoms with E-state index in [1.165, 1.54) is 26.2 Å². The van der Waals surface area contributed by atoms with Crippen LogP contribution in [0.4, 0.5) is 0 Å². The van der Waals surface area contributed by atoms with E-state index in [2.05, 4.69) is 88.4 Å². The fourth-order valence-electron chi connectivity index (χ4n) is 5.32. The van der Waals surface area contributed by atoms with Crippen molar-refractivity contribution in [1.29, 1.82) is 0 Å². The van der Waals surface area contributed by atoms with Crippen LogP contribution >= 0.6 is 11.3 Å². The minimum atomic E-state index is 0.678. The number of benzene rings is 4. The molecule has 5 heteroatoms. The summed E-state index contributed by atoms with van der Waals surface area (Å²) in [6.07, 6.45) is 1.87. The average Bonchev–Trinajstić information content (AvgIpc) is 3.48. The molecule has 4 nitrogen and oxygen atoms in total. The molecule has 0 bridgehead atoms. The predicted molar refractivity (Wildman–Crippen MR) is 150 cm³/mol. The standard InChI is InChI=1S/C31H18N4S/c1-2-9-19(10-3-1)28-22-11-4-6-14-24(22)33-31(34-28)35-25-15-7-5-12-23(25)27-26(35)17-16-20-21-13-8-18-32-30(21)36-29(20)27/h1-18H. The molecule has 4 aromatic heterocycles. The van der Waals surface area contributed by atoms with Gasteiger partial charge in [0.2, 0.25) is 5.95 Å². The highest BCUT2D eigenvalue weighted by Crippen LogP contribution is 2.42. The second-order valence-corrected chi connectivity index (χ2v) is 9.90. The molecule has 0 aliphatic rings. The molecule has 8 aromatic rings. The van der Waals surface area contributed by atoms with Gasteiger partial charge in [-0.3, -0.25) is 4.57 Å². The number of hydrogen-bond acceptors (Lipinski definition) is 4. The molecular weight excluding hydrogens is 460 g/mol. The third kappa shape index (κ3) is 2.72. The molecule has 36 heavy (non-hydrogen) atoms. The van der Waals surface area contributed by atoms with E-state index in [9.17, 15) is 0 Å². The predicted octanol–water partition coefficient (Wildman–Crippen LogP) is 8.16. The molecule has 0 saturated heterocycles. The van der Waals surface area contributed by atoms with Crippen molar-refractivity contribution in [3.05, 3.63) is 109 Å². The van der Waals surface area contributed by atoms with Gasteiger partial charge in [-0.25, -0.2) is 15.0 Å². The van der Waals surface area contributed by atoms with Crippen molar-refractivity contribution in [1.82, 2.24) is 19.5 Å². The van der Waals surface area contributed by atoms with Crippen molar-refractivity contribution in [2.45, 2.75) is 0 Å². The zero-order chi connectivity index (χ0) is 23.6. The lowest BCUT2D eigenvalue weighted by atomic mass is 10.1. The van der Waals surface area contributed by atoms with Crippen molar-refractivity contribution in [2.24, 2.45) is 0 Å². The number of nitrogens with zero attached hydrogens (tertiary/aromatic N) is 4. The summed E-state index contributed by atoms with van der Waals surface area (Å²) in [6.45, 7) is 0. The summed E-state index contributed by atoms with van der Waals surface area (Å²) < 4.78 is 3.46. The SMILES string of the molecule is c1ccc(-c2nc(-n3c4ccccc4c4c5sc6ncccc6c5ccc43)nc3ccccc23)cc1. The molecule has 168 valence electrons. The van der Waals surface area contributed by atoms with Gasteiger partial charge in [0, 0.05) is 43.4 Å². The van der Waals surface area contributed by atoms with Gasteiger partial charge in [-0.2, -0.15) is 0 Å². The van der Waals surface area contributed by atoms with Crippen LogP contribution in [-0.2, 0) is 0 Å². The Hall–Kier alpha value is -4.61. The summed E-state index contributed by atoms with van der Waals surface area (Å²) >= 11 is 1.75. The van der Waals surface area contributed by atoms with Gasteiger partial charge in [-0.15, -0.1) is 11.3 Å². The first-order chi connectivity index (χ1) is 17.9. The summed E-state index contributed by atoms with van der Waals surface area (Å²) in [5.41, 5.74) is 5.15. The van der Waals surface area contributed by atoms with Gasteiger partial charge in [0.25, 0.3) is 0 Å². The van der Waals surface area contributed by atoms with Gasteiger partial charge >= 0.3 is 0 Å². The highest BCUT2D eigenvalue weighted by atomic mass is 32.1. The Bertz CT molecular complexity index is 2100. The Labute approximate surface area is 210 Å². The van der Waals surface area contributed by atoms with Gasteiger partial charge in [0.15, 0.2) is 0 Å². The largest absolute Gasteiger partial charge is 0.278 e. The number of para-hydroxylation sites is 2. The maximum absolute atomic E-state index is 5.18. The molecule has 0 aliphatic heterocycles. The van der Waals surface area contributed by atoms with Crippen molar-refractivity contribution >= 4 is 64.3 Å². The zero-order valence-electron chi connectivity index (χ0n) is 19.1. The van der Waals surface area contributed by atoms with E-state index in [-0.39, 0.29) is 0 Å². The summed E-state index contributed by atoms with van der Waals surface area (Å²) in [5, 5.41) is 5.91. The topological polar surface area (TPSA) is 43.6 Å². The highest BCUT2D eigenvalue weighted by molar-refractivity contribution is 7.26. The number of pyridine rings is 1. The van der Waals surface area contributed by atoms with Crippen LogP contribution in [0.5, 0.6) is 0 Å². The molecular formula is C31H18N4S. The molecule has 0 amide bonds. The third-order valence-corrected chi connectivity index (χ3v) is 8.04. The second-order valence-electron chi connectivity index (χ2n) is 8.90. The molecule has 0 atom stereocenters. The molecule has 0 radical (unpaired) electrons. The molecule has 4 heterocycles. The van der Waals surface area contributed by atoms with Crippen LogP contribution in [0.3, 0.4) is 0 Å². The van der Waals surface area contributed by atoms with Crippen molar-refractivity contribution in [3.8, 4) is 17.2 Å². The quantitative estimate of drug-likeness (QED) is 0.252. The van der Waals surface area contributed by atoms with E-state index in [4.69, 9.17) is 9.97 Å². The van der Waals surface area contributed by atoms with E-state index in [0.29, 0.717) is 5.95 Å². The summed E-state index contributed by atoms with van der Waals surface area (Å²) in [4.78, 5) is 15.9. The monoisotopic (exact) mass is 478 g/mol. The second kappa shape index (κ2) is 7.44. The third-order valence-electron chi connectivity index (χ3n) is 6.89. The molecule has 0 aliphatic carbocycles. The molecule has 0 N–H and O–H groups in total. The molecule has 8 rings (SSSR count). The first kappa shape index (κ1) is 19.7. The first-order valence-electron chi connectivity index (χ1n) is 11.9. The van der Waals surface area contributed by atoms with Gasteiger partial charge < -0.3 is 0 Å². The normalized spacial score (nSPS) is 11.9. The molecule has 0 saturated carbocycles. The van der Waals surface area contributed by atoms with Crippen molar-refractivity contribution < 1.29 is 0 Å². The van der Waals surface area contributed by atoms with E-state index in [1.54, 1.807) is 11.3 Å². The Morgan fingerprint density at radius 3 is 2.28 bits per heavy atom. The lowest BCUT2D eigenvalue weighted by Gasteiger charge is -2.11. The Balaban J connectivity index is 1.53. The average molecular weight is 479 g/mol. The van der Waals surface area contributed by atoms with Crippen LogP contribution in [0.25, 0.3) is 70.2 Å². The maximum Gasteiger partial charge on any atom is 0.235 e. The summed E-state index contributed by atoms with van der Waals surface area (Å²) in [6, 6.07) is 35.7. The number of fused-ring (bicyclic) bond motifs is 8. The van der Waals surface area contributed by atoms with Crippen molar-refractivity contribution in [2.75, 3.05) is 0 Å². The molecule has 0 spiro atoms. The van der Waals surface area contributed by atoms with Crippen LogP contribution in [0.1, 0.15) is 0 Å². The Morgan fingerprint density at radius 2 is 1.36 bits per heavy atom. The van der Waals surface area contributed by atoms with Crippen LogP contribution in [-0.4, -0.2) is 19.5 Å². The molecule has 0 unspecified atom stereocenters. The van der Waals surface area contributed by atoms with Crippen molar-refractivity contribution in [3.63, 3.8) is 0 Å². The van der Waals surface area contributed by atoms with Gasteiger partial charge in [0.1, 0.15) is 4.83 Å². The Morgan fingerprint density at radius 1 is 0.583 bits per heavy atom. The van der Waals surface area contributed by atoms with Crippen LogP contribution in [0.2, 0.25) is 0 Å². The number of rotatable bonds is 2. The minimum absolute atomic E-state index is 0.678. The van der Waals surface area contributed by atoms with Crippen LogP contribution in [0.15, 0.2) is 109 Å². The van der Waals surface area contributed by atoms with E-state index in [1.807, 2.05) is 30.5 Å². The fourth-order valence-corrected chi connectivity index (χ4v) is 6.52. The van der Waals surface area contributed by atoms with Gasteiger partial charge in [-0.05, 0) is 30.3 Å². The smallest absolute Gasteiger partial charge is 0.235 e. The zero-order valence-corrected chi connectivity index (χ0v) is 19.9. The summed E-state index contributed by atoms with van der Waals surface area (Å²) in [7, 11) is 0. The van der Waals surface area contributed by atoms with Crippen LogP contribution in [0, 0.1) is 0 Å². The van der Waals surface area contributed by atoms with Gasteiger partial charge in [-0.1, -0.05) is 72.8 Å². The lowest BCUT2D eigenvalue weighted by Crippen LogP contribution is -2.03. The fraction of sp³-hybridized carbons (Fsp3) is 0. The molecule has 4 aromatic carbocycles. The number of hydrogen-bond donors (Lipinski definition) is 0. The van der Waals surface area contributed by atoms with E-state index >= 15 is 0 Å². The lowest BCUT2D eigenvalue weighted by molar-refractivity contribution is 1.01. The first-order valence-corrected chi connectivity index (χ1v) is 12.7. The number of thiophene rings is 1. The minimum Gasteiger partial charge on any atom is -0.278 e. The highest BCUT2D eigenvalue weighted by Gasteiger charge is 2.20. The number of aromatic nitrogens is 4.